The zero-order valence-corrected chi connectivity index (χ0v) is 23.2. The van der Waals surface area contributed by atoms with Crippen LogP contribution >= 0.6 is 0 Å². The molecule has 1 aromatic rings. The van der Waals surface area contributed by atoms with Gasteiger partial charge in [0.1, 0.15) is 11.5 Å². The molecule has 11 heteroatoms. The first kappa shape index (κ1) is 33.7. The van der Waals surface area contributed by atoms with E-state index in [1.54, 1.807) is 12.1 Å². The number of carbonyl (C=O) groups excluding carboxylic acids is 4. The Morgan fingerprint density at radius 2 is 1.56 bits per heavy atom. The Bertz CT molecular complexity index is 947. The van der Waals surface area contributed by atoms with Crippen molar-refractivity contribution in [1.82, 2.24) is 10.6 Å². The molecule has 0 aliphatic rings. The fourth-order valence-corrected chi connectivity index (χ4v) is 4.09. The Balaban J connectivity index is 3.05. The van der Waals surface area contributed by atoms with Crippen LogP contribution in [-0.4, -0.2) is 79.1 Å². The quantitative estimate of drug-likeness (QED) is 0.177. The highest BCUT2D eigenvalue weighted by Gasteiger charge is 2.31. The fourth-order valence-electron chi connectivity index (χ4n) is 4.09. The van der Waals surface area contributed by atoms with E-state index in [9.17, 15) is 34.2 Å². The van der Waals surface area contributed by atoms with Crippen LogP contribution in [0.4, 0.5) is 0 Å². The number of hydrogen-bond donors (Lipinski definition) is 4. The van der Waals surface area contributed by atoms with Crippen molar-refractivity contribution in [3.05, 3.63) is 29.8 Å². The minimum atomic E-state index is -1.24. The molecule has 0 radical (unpaired) electrons. The van der Waals surface area contributed by atoms with Crippen molar-refractivity contribution in [2.75, 3.05) is 33.5 Å². The Labute approximate surface area is 229 Å². The molecule has 0 saturated carbocycles. The van der Waals surface area contributed by atoms with Gasteiger partial charge in [-0.15, -0.1) is 0 Å². The maximum absolute atomic E-state index is 13.4. The second-order valence-corrected chi connectivity index (χ2v) is 10.0. The number of nitrogens with one attached hydrogen (secondary N) is 2. The summed E-state index contributed by atoms with van der Waals surface area (Å²) >= 11 is 0. The number of Topliss-reactive ketones (excluding diaryl/α,β-unsaturated/α-hetero) is 2. The lowest BCUT2D eigenvalue weighted by Crippen LogP contribution is -2.47. The van der Waals surface area contributed by atoms with Gasteiger partial charge in [0.15, 0.2) is 5.78 Å². The van der Waals surface area contributed by atoms with E-state index in [4.69, 9.17) is 9.47 Å². The highest BCUT2D eigenvalue weighted by Crippen LogP contribution is 2.19. The smallest absolute Gasteiger partial charge is 0.304 e. The molecular formula is C28H42N2O9. The predicted molar refractivity (Wildman–Crippen MR) is 143 cm³/mol. The molecule has 0 heterocycles. The van der Waals surface area contributed by atoms with Crippen molar-refractivity contribution in [1.29, 1.82) is 0 Å². The third kappa shape index (κ3) is 14.4. The van der Waals surface area contributed by atoms with Gasteiger partial charge in [-0.2, -0.15) is 0 Å². The molecule has 218 valence electrons. The SMILES string of the molecule is COCCOCCNC(=O)[C@H](CC(=O)O)CC(=O)[C@H](Cc1ccc(O)cc1)NC(=O)[C@H](CC(C)=O)CC(C)C. The van der Waals surface area contributed by atoms with Crippen LogP contribution in [0, 0.1) is 17.8 Å². The van der Waals surface area contributed by atoms with Crippen molar-refractivity contribution in [2.45, 2.75) is 58.9 Å². The first-order valence-electron chi connectivity index (χ1n) is 13.1. The van der Waals surface area contributed by atoms with E-state index in [0.717, 1.165) is 0 Å². The molecule has 0 aromatic heterocycles. The number of carboxylic acids is 1. The summed E-state index contributed by atoms with van der Waals surface area (Å²) in [6.45, 7) is 6.30. The van der Waals surface area contributed by atoms with E-state index >= 15 is 0 Å². The Morgan fingerprint density at radius 3 is 2.13 bits per heavy atom. The van der Waals surface area contributed by atoms with Gasteiger partial charge in [0.25, 0.3) is 0 Å². The number of hydrogen-bond acceptors (Lipinski definition) is 8. The van der Waals surface area contributed by atoms with Gasteiger partial charge in [-0.05, 0) is 43.4 Å². The first-order valence-corrected chi connectivity index (χ1v) is 13.1. The third-order valence-corrected chi connectivity index (χ3v) is 5.96. The summed E-state index contributed by atoms with van der Waals surface area (Å²) < 4.78 is 10.2. The normalized spacial score (nSPS) is 13.4. The maximum Gasteiger partial charge on any atom is 0.304 e. The van der Waals surface area contributed by atoms with Crippen molar-refractivity contribution in [2.24, 2.45) is 17.8 Å². The van der Waals surface area contributed by atoms with Crippen LogP contribution in [0.25, 0.3) is 0 Å². The lowest BCUT2D eigenvalue weighted by atomic mass is 9.89. The van der Waals surface area contributed by atoms with Crippen molar-refractivity contribution in [3.63, 3.8) is 0 Å². The molecule has 3 atom stereocenters. The molecule has 0 fully saturated rings. The molecule has 1 aromatic carbocycles. The second-order valence-electron chi connectivity index (χ2n) is 10.0. The maximum atomic E-state index is 13.4. The van der Waals surface area contributed by atoms with Crippen molar-refractivity contribution >= 4 is 29.4 Å². The number of amides is 2. The highest BCUT2D eigenvalue weighted by molar-refractivity contribution is 5.95. The lowest BCUT2D eigenvalue weighted by Gasteiger charge is -2.24. The number of phenolic OH excluding ortho intramolecular Hbond substituents is 1. The minimum absolute atomic E-state index is 0.0284. The summed E-state index contributed by atoms with van der Waals surface area (Å²) in [7, 11) is 1.53. The average molecular weight is 551 g/mol. The van der Waals surface area contributed by atoms with Gasteiger partial charge in [0.2, 0.25) is 11.8 Å². The molecule has 0 aliphatic carbocycles. The average Bonchev–Trinajstić information content (AvgIpc) is 2.85. The van der Waals surface area contributed by atoms with Crippen LogP contribution in [0.1, 0.15) is 52.0 Å². The van der Waals surface area contributed by atoms with E-state index < -0.39 is 54.3 Å². The molecular weight excluding hydrogens is 508 g/mol. The molecule has 4 N–H and O–H groups in total. The number of ether oxygens (including phenoxy) is 2. The second kappa shape index (κ2) is 18.1. The Hall–Kier alpha value is -3.31. The summed E-state index contributed by atoms with van der Waals surface area (Å²) in [5.41, 5.74) is 0.644. The van der Waals surface area contributed by atoms with Crippen LogP contribution in [-0.2, 0) is 39.9 Å². The zero-order valence-electron chi connectivity index (χ0n) is 23.2. The van der Waals surface area contributed by atoms with Crippen LogP contribution in [0.3, 0.4) is 0 Å². The Kier molecular flexibility index (Phi) is 15.6. The van der Waals surface area contributed by atoms with Gasteiger partial charge in [-0.3, -0.25) is 19.2 Å². The molecule has 11 nitrogen and oxygen atoms in total. The van der Waals surface area contributed by atoms with Crippen molar-refractivity contribution < 1.29 is 43.7 Å². The van der Waals surface area contributed by atoms with Gasteiger partial charge in [-0.1, -0.05) is 26.0 Å². The monoisotopic (exact) mass is 550 g/mol. The molecule has 0 bridgehead atoms. The number of methoxy groups -OCH3 is 1. The number of benzene rings is 1. The molecule has 39 heavy (non-hydrogen) atoms. The molecule has 0 saturated heterocycles. The zero-order chi connectivity index (χ0) is 29.4. The highest BCUT2D eigenvalue weighted by atomic mass is 16.5. The lowest BCUT2D eigenvalue weighted by molar-refractivity contribution is -0.142. The largest absolute Gasteiger partial charge is 0.508 e. The number of aromatic hydroxyl groups is 1. The fraction of sp³-hybridized carbons (Fsp3) is 0.607. The van der Waals surface area contributed by atoms with E-state index in [1.807, 2.05) is 13.8 Å². The molecule has 0 aliphatic heterocycles. The number of ketones is 2. The van der Waals surface area contributed by atoms with E-state index in [0.29, 0.717) is 25.2 Å². The molecule has 1 rings (SSSR count). The van der Waals surface area contributed by atoms with Crippen LogP contribution in [0.2, 0.25) is 0 Å². The number of carbonyl (C=O) groups is 5. The molecule has 0 spiro atoms. The summed E-state index contributed by atoms with van der Waals surface area (Å²) in [4.78, 5) is 62.6. The van der Waals surface area contributed by atoms with E-state index in [2.05, 4.69) is 10.6 Å². The van der Waals surface area contributed by atoms with Gasteiger partial charge in [0.05, 0.1) is 38.2 Å². The van der Waals surface area contributed by atoms with Crippen LogP contribution in [0.15, 0.2) is 24.3 Å². The minimum Gasteiger partial charge on any atom is -0.508 e. The van der Waals surface area contributed by atoms with Gasteiger partial charge >= 0.3 is 5.97 Å². The first-order chi connectivity index (χ1) is 18.4. The summed E-state index contributed by atoms with van der Waals surface area (Å²) in [5, 5.41) is 24.3. The summed E-state index contributed by atoms with van der Waals surface area (Å²) in [6.07, 6.45) is -0.438. The summed E-state index contributed by atoms with van der Waals surface area (Å²) in [6, 6.07) is 5.05. The Morgan fingerprint density at radius 1 is 0.897 bits per heavy atom. The molecule has 0 unspecified atom stereocenters. The number of rotatable bonds is 20. The predicted octanol–water partition coefficient (Wildman–Crippen LogP) is 1.89. The van der Waals surface area contributed by atoms with Crippen LogP contribution in [0.5, 0.6) is 5.75 Å². The standard InChI is InChI=1S/C28H42N2O9/c1-18(2)13-21(14-19(3)31)28(37)30-24(15-20-5-7-23(32)8-6-20)25(33)16-22(17-26(34)35)27(36)29-9-10-39-12-11-38-4/h5-8,18,21-22,24,32H,9-17H2,1-4H3,(H,29,36)(H,30,37)(H,34,35)/t21-,22-,24-/m0/s1. The summed E-state index contributed by atoms with van der Waals surface area (Å²) in [5.74, 6) is -4.58. The third-order valence-electron chi connectivity index (χ3n) is 5.96. The topological polar surface area (TPSA) is 168 Å². The van der Waals surface area contributed by atoms with E-state index in [1.165, 1.54) is 26.2 Å². The molecule has 2 amide bonds. The number of aliphatic carboxylic acids is 1. The van der Waals surface area contributed by atoms with Gasteiger partial charge in [0, 0.05) is 32.4 Å². The van der Waals surface area contributed by atoms with Crippen molar-refractivity contribution in [3.8, 4) is 5.75 Å². The van der Waals surface area contributed by atoms with Gasteiger partial charge in [-0.25, -0.2) is 0 Å². The number of carboxylic acid groups (broad SMARTS) is 1. The van der Waals surface area contributed by atoms with Gasteiger partial charge < -0.3 is 35.1 Å². The van der Waals surface area contributed by atoms with Crippen LogP contribution < -0.4 is 10.6 Å². The van der Waals surface area contributed by atoms with E-state index in [-0.39, 0.29) is 43.4 Å². The number of phenols is 1.